The van der Waals surface area contributed by atoms with Gasteiger partial charge in [-0.2, -0.15) is 5.26 Å². The van der Waals surface area contributed by atoms with Gasteiger partial charge >= 0.3 is 0 Å². The fourth-order valence-corrected chi connectivity index (χ4v) is 2.77. The second kappa shape index (κ2) is 4.11. The molecule has 1 aliphatic carbocycles. The van der Waals surface area contributed by atoms with Gasteiger partial charge in [0, 0.05) is 23.9 Å². The number of nitriles is 1. The molecule has 78 valence electrons. The van der Waals surface area contributed by atoms with Gasteiger partial charge < -0.3 is 0 Å². The van der Waals surface area contributed by atoms with Gasteiger partial charge in [0.15, 0.2) is 5.78 Å². The van der Waals surface area contributed by atoms with Crippen LogP contribution in [0.5, 0.6) is 0 Å². The Hall–Kier alpha value is -1.21. The molecular formula is C11H12N2OS. The topological polar surface area (TPSA) is 53.8 Å². The number of rotatable bonds is 2. The van der Waals surface area contributed by atoms with Crippen molar-refractivity contribution in [2.75, 3.05) is 0 Å². The number of ketones is 1. The lowest BCUT2D eigenvalue weighted by Crippen LogP contribution is -2.34. The number of aromatic nitrogens is 1. The third-order valence-electron chi connectivity index (χ3n) is 2.96. The molecule has 2 rings (SSSR count). The van der Waals surface area contributed by atoms with Crippen LogP contribution in [0.1, 0.15) is 30.6 Å². The molecule has 0 amide bonds. The maximum absolute atomic E-state index is 11.8. The molecule has 0 saturated heterocycles. The summed E-state index contributed by atoms with van der Waals surface area (Å²) in [5.41, 5.74) is 0.985. The zero-order chi connectivity index (χ0) is 10.7. The molecule has 0 N–H and O–H groups in total. The van der Waals surface area contributed by atoms with Crippen LogP contribution in [0.4, 0.5) is 0 Å². The van der Waals surface area contributed by atoms with E-state index in [0.717, 1.165) is 17.7 Å². The van der Waals surface area contributed by atoms with Crippen LogP contribution in [0.2, 0.25) is 0 Å². The van der Waals surface area contributed by atoms with E-state index in [9.17, 15) is 10.1 Å². The number of carbonyl (C=O) groups is 1. The summed E-state index contributed by atoms with van der Waals surface area (Å²) in [5.74, 6) is 0.115. The molecule has 4 heteroatoms. The number of hydrogen-bond acceptors (Lipinski definition) is 4. The van der Waals surface area contributed by atoms with Crippen molar-refractivity contribution in [3.05, 3.63) is 16.6 Å². The van der Waals surface area contributed by atoms with E-state index in [-0.39, 0.29) is 5.78 Å². The first-order valence-corrected chi connectivity index (χ1v) is 5.97. The van der Waals surface area contributed by atoms with Gasteiger partial charge in [-0.15, -0.1) is 11.3 Å². The molecule has 0 aromatic carbocycles. The van der Waals surface area contributed by atoms with Gasteiger partial charge in [-0.3, -0.25) is 9.78 Å². The van der Waals surface area contributed by atoms with Crippen LogP contribution in [0, 0.1) is 16.7 Å². The van der Waals surface area contributed by atoms with Gasteiger partial charge in [0.05, 0.1) is 11.6 Å². The Balaban J connectivity index is 2.21. The number of hydrogen-bond donors (Lipinski definition) is 0. The Morgan fingerprint density at radius 2 is 2.47 bits per heavy atom. The van der Waals surface area contributed by atoms with Crippen molar-refractivity contribution in [2.24, 2.45) is 5.41 Å². The maximum atomic E-state index is 11.8. The number of carbonyl (C=O) groups excluding carboxylic acids is 1. The average Bonchev–Trinajstić information content (AvgIpc) is 2.74. The molecule has 1 aromatic heterocycles. The van der Waals surface area contributed by atoms with Crippen LogP contribution >= 0.6 is 11.3 Å². The number of thiazole rings is 1. The Morgan fingerprint density at radius 3 is 3.07 bits per heavy atom. The van der Waals surface area contributed by atoms with E-state index in [1.807, 2.05) is 0 Å². The van der Waals surface area contributed by atoms with Gasteiger partial charge in [-0.1, -0.05) is 6.42 Å². The van der Waals surface area contributed by atoms with Crippen molar-refractivity contribution in [3.63, 3.8) is 0 Å². The highest BCUT2D eigenvalue weighted by Gasteiger charge is 2.40. The van der Waals surface area contributed by atoms with E-state index in [1.165, 1.54) is 11.3 Å². The van der Waals surface area contributed by atoms with Crippen molar-refractivity contribution in [1.82, 2.24) is 4.98 Å². The van der Waals surface area contributed by atoms with Crippen molar-refractivity contribution >= 4 is 17.1 Å². The molecule has 1 unspecified atom stereocenters. The molecule has 0 spiro atoms. The minimum absolute atomic E-state index is 0.115. The predicted octanol–water partition coefficient (Wildman–Crippen LogP) is 2.34. The Morgan fingerprint density at radius 1 is 1.60 bits per heavy atom. The predicted molar refractivity (Wildman–Crippen MR) is 57.3 cm³/mol. The largest absolute Gasteiger partial charge is 0.298 e. The summed E-state index contributed by atoms with van der Waals surface area (Å²) in [5, 5.41) is 9.22. The van der Waals surface area contributed by atoms with E-state index in [0.29, 0.717) is 19.3 Å². The molecule has 1 saturated carbocycles. The molecule has 1 fully saturated rings. The van der Waals surface area contributed by atoms with Crippen LogP contribution in [-0.2, 0) is 11.2 Å². The van der Waals surface area contributed by atoms with Gasteiger partial charge in [-0.05, 0) is 12.8 Å². The summed E-state index contributed by atoms with van der Waals surface area (Å²) in [4.78, 5) is 16.8. The number of Topliss-reactive ketones (excluding diaryl/α,β-unsaturated/α-hetero) is 1. The molecule has 1 heterocycles. The summed E-state index contributed by atoms with van der Waals surface area (Å²) in [6.45, 7) is 0. The van der Waals surface area contributed by atoms with Crippen molar-refractivity contribution in [3.8, 4) is 6.07 Å². The monoisotopic (exact) mass is 220 g/mol. The third kappa shape index (κ3) is 1.93. The molecule has 1 aliphatic rings. The maximum Gasteiger partial charge on any atom is 0.153 e. The highest BCUT2D eigenvalue weighted by atomic mass is 32.1. The second-order valence-electron chi connectivity index (χ2n) is 3.97. The summed E-state index contributed by atoms with van der Waals surface area (Å²) < 4.78 is 0. The lowest BCUT2D eigenvalue weighted by Gasteiger charge is -2.28. The Labute approximate surface area is 92.8 Å². The quantitative estimate of drug-likeness (QED) is 0.768. The zero-order valence-corrected chi connectivity index (χ0v) is 9.22. The van der Waals surface area contributed by atoms with Crippen molar-refractivity contribution < 1.29 is 4.79 Å². The fraction of sp³-hybridized carbons (Fsp3) is 0.545. The lowest BCUT2D eigenvalue weighted by atomic mass is 9.72. The van der Waals surface area contributed by atoms with Crippen molar-refractivity contribution in [1.29, 1.82) is 5.26 Å². The molecule has 0 radical (unpaired) electrons. The van der Waals surface area contributed by atoms with E-state index < -0.39 is 5.41 Å². The summed E-state index contributed by atoms with van der Waals surface area (Å²) >= 11 is 1.52. The molecule has 15 heavy (non-hydrogen) atoms. The number of nitrogens with zero attached hydrogens (tertiary/aromatic N) is 2. The van der Waals surface area contributed by atoms with Gasteiger partial charge in [0.1, 0.15) is 5.41 Å². The molecular weight excluding hydrogens is 208 g/mol. The first-order chi connectivity index (χ1) is 7.27. The zero-order valence-electron chi connectivity index (χ0n) is 8.40. The van der Waals surface area contributed by atoms with E-state index in [2.05, 4.69) is 11.1 Å². The molecule has 3 nitrogen and oxygen atoms in total. The van der Waals surface area contributed by atoms with Crippen LogP contribution in [0.3, 0.4) is 0 Å². The highest BCUT2D eigenvalue weighted by Crippen LogP contribution is 2.36. The minimum atomic E-state index is -0.759. The van der Waals surface area contributed by atoms with E-state index >= 15 is 0 Å². The molecule has 0 bridgehead atoms. The van der Waals surface area contributed by atoms with Crippen molar-refractivity contribution in [2.45, 2.75) is 32.1 Å². The first-order valence-electron chi connectivity index (χ1n) is 5.09. The smallest absolute Gasteiger partial charge is 0.153 e. The minimum Gasteiger partial charge on any atom is -0.298 e. The van der Waals surface area contributed by atoms with E-state index in [4.69, 9.17) is 0 Å². The van der Waals surface area contributed by atoms with Crippen LogP contribution in [-0.4, -0.2) is 10.8 Å². The second-order valence-corrected chi connectivity index (χ2v) is 4.94. The molecule has 1 atom stereocenters. The SMILES string of the molecule is N#CC1(Cc2cncs2)CCCCC1=O. The van der Waals surface area contributed by atoms with Crippen LogP contribution < -0.4 is 0 Å². The summed E-state index contributed by atoms with van der Waals surface area (Å²) in [7, 11) is 0. The summed E-state index contributed by atoms with van der Waals surface area (Å²) in [6, 6.07) is 2.23. The van der Waals surface area contributed by atoms with Crippen LogP contribution in [0.15, 0.2) is 11.7 Å². The van der Waals surface area contributed by atoms with Gasteiger partial charge in [0.2, 0.25) is 0 Å². The van der Waals surface area contributed by atoms with Crippen LogP contribution in [0.25, 0.3) is 0 Å². The molecule has 0 aliphatic heterocycles. The van der Waals surface area contributed by atoms with Gasteiger partial charge in [0.25, 0.3) is 0 Å². The summed E-state index contributed by atoms with van der Waals surface area (Å²) in [6.07, 6.45) is 5.49. The third-order valence-corrected chi connectivity index (χ3v) is 3.74. The van der Waals surface area contributed by atoms with E-state index in [1.54, 1.807) is 11.7 Å². The molecule has 1 aromatic rings. The Kier molecular flexibility index (Phi) is 2.83. The fourth-order valence-electron chi connectivity index (χ4n) is 2.06. The highest BCUT2D eigenvalue weighted by molar-refractivity contribution is 7.09. The lowest BCUT2D eigenvalue weighted by molar-refractivity contribution is -0.128. The normalized spacial score (nSPS) is 26.2. The van der Waals surface area contributed by atoms with Gasteiger partial charge in [-0.25, -0.2) is 0 Å². The first kappa shape index (κ1) is 10.3. The Bertz CT molecular complexity index is 393. The standard InChI is InChI=1S/C11H12N2OS/c12-7-11(4-2-1-3-10(11)14)5-9-6-13-8-15-9/h6,8H,1-5H2. The average molecular weight is 220 g/mol.